The standard InChI is InChI=1S/C26H27ClN2O4/c1-4-6-21-13-20(16-28-24-15-22(27)10-7-18(24)3)14-25(32-5-2)26(21)33-17-19-8-11-23(12-9-19)29(30)31/h4,7-15,28H,1,5-6,16-17H2,2-3H3. The van der Waals surface area contributed by atoms with Crippen LogP contribution in [0.4, 0.5) is 11.4 Å². The van der Waals surface area contributed by atoms with Gasteiger partial charge in [-0.1, -0.05) is 23.7 Å². The number of allylic oxidation sites excluding steroid dienone is 1. The van der Waals surface area contributed by atoms with Crippen molar-refractivity contribution in [2.24, 2.45) is 0 Å². The molecule has 0 saturated carbocycles. The molecule has 172 valence electrons. The van der Waals surface area contributed by atoms with Crippen LogP contribution in [0.5, 0.6) is 11.5 Å². The Labute approximate surface area is 199 Å². The number of halogens is 1. The summed E-state index contributed by atoms with van der Waals surface area (Å²) in [5.74, 6) is 1.30. The van der Waals surface area contributed by atoms with Gasteiger partial charge in [0.25, 0.3) is 5.69 Å². The Bertz CT molecular complexity index is 1130. The molecule has 3 rings (SSSR count). The highest BCUT2D eigenvalue weighted by Gasteiger charge is 2.14. The first kappa shape index (κ1) is 24.1. The molecule has 0 radical (unpaired) electrons. The number of ether oxygens (including phenoxy) is 2. The van der Waals surface area contributed by atoms with Gasteiger partial charge in [0.2, 0.25) is 0 Å². The van der Waals surface area contributed by atoms with E-state index in [2.05, 4.69) is 18.0 Å². The molecule has 0 atom stereocenters. The molecule has 0 heterocycles. The van der Waals surface area contributed by atoms with Gasteiger partial charge in [-0.05, 0) is 73.4 Å². The Morgan fingerprint density at radius 1 is 1.09 bits per heavy atom. The fraction of sp³-hybridized carbons (Fsp3) is 0.231. The molecule has 0 bridgehead atoms. The first-order valence-corrected chi connectivity index (χ1v) is 11.0. The summed E-state index contributed by atoms with van der Waals surface area (Å²) in [7, 11) is 0. The van der Waals surface area contributed by atoms with E-state index >= 15 is 0 Å². The molecule has 0 unspecified atom stereocenters. The lowest BCUT2D eigenvalue weighted by molar-refractivity contribution is -0.384. The average Bonchev–Trinajstić information content (AvgIpc) is 2.80. The number of rotatable bonds is 11. The van der Waals surface area contributed by atoms with E-state index in [9.17, 15) is 10.1 Å². The lowest BCUT2D eigenvalue weighted by atomic mass is 10.0. The number of anilines is 1. The molecule has 0 amide bonds. The number of aryl methyl sites for hydroxylation is 1. The molecule has 33 heavy (non-hydrogen) atoms. The van der Waals surface area contributed by atoms with Crippen LogP contribution in [0.15, 0.2) is 67.3 Å². The quantitative estimate of drug-likeness (QED) is 0.189. The third-order valence-electron chi connectivity index (χ3n) is 5.07. The molecule has 3 aromatic rings. The number of nitrogens with zero attached hydrogens (tertiary/aromatic N) is 1. The average molecular weight is 467 g/mol. The molecule has 0 aliphatic carbocycles. The van der Waals surface area contributed by atoms with Crippen molar-refractivity contribution in [3.63, 3.8) is 0 Å². The zero-order valence-electron chi connectivity index (χ0n) is 18.8. The van der Waals surface area contributed by atoms with Crippen molar-refractivity contribution < 1.29 is 14.4 Å². The molecule has 0 aliphatic heterocycles. The van der Waals surface area contributed by atoms with Crippen molar-refractivity contribution in [1.82, 2.24) is 0 Å². The molecule has 0 spiro atoms. The molecule has 0 fully saturated rings. The normalized spacial score (nSPS) is 10.5. The summed E-state index contributed by atoms with van der Waals surface area (Å²) in [5.41, 5.74) is 4.96. The number of nitrogens with one attached hydrogen (secondary N) is 1. The number of nitro benzene ring substituents is 1. The van der Waals surface area contributed by atoms with E-state index in [-0.39, 0.29) is 12.3 Å². The maximum atomic E-state index is 10.9. The van der Waals surface area contributed by atoms with E-state index in [1.165, 1.54) is 12.1 Å². The number of non-ortho nitro benzene ring substituents is 1. The molecule has 1 N–H and O–H groups in total. The van der Waals surface area contributed by atoms with E-state index in [1.54, 1.807) is 12.1 Å². The molecule has 7 heteroatoms. The second-order valence-corrected chi connectivity index (χ2v) is 7.97. The van der Waals surface area contributed by atoms with Crippen molar-refractivity contribution in [2.45, 2.75) is 33.4 Å². The highest BCUT2D eigenvalue weighted by Crippen LogP contribution is 2.35. The zero-order chi connectivity index (χ0) is 23.8. The van der Waals surface area contributed by atoms with Crippen LogP contribution < -0.4 is 14.8 Å². The maximum Gasteiger partial charge on any atom is 0.269 e. The van der Waals surface area contributed by atoms with Crippen molar-refractivity contribution in [3.05, 3.63) is 105 Å². The summed E-state index contributed by atoms with van der Waals surface area (Å²) in [6, 6.07) is 16.1. The Balaban J connectivity index is 1.83. The van der Waals surface area contributed by atoms with Crippen molar-refractivity contribution in [2.75, 3.05) is 11.9 Å². The van der Waals surface area contributed by atoms with Crippen LogP contribution in [-0.4, -0.2) is 11.5 Å². The Morgan fingerprint density at radius 2 is 1.85 bits per heavy atom. The van der Waals surface area contributed by atoms with E-state index in [0.29, 0.717) is 36.1 Å². The first-order chi connectivity index (χ1) is 15.9. The van der Waals surface area contributed by atoms with E-state index in [0.717, 1.165) is 27.9 Å². The Hall–Kier alpha value is -3.51. The molecule has 0 saturated heterocycles. The highest BCUT2D eigenvalue weighted by atomic mass is 35.5. The summed E-state index contributed by atoms with van der Waals surface area (Å²) < 4.78 is 12.0. The van der Waals surface area contributed by atoms with Gasteiger partial charge in [0.05, 0.1) is 11.5 Å². The predicted octanol–water partition coefficient (Wildman–Crippen LogP) is 6.87. The van der Waals surface area contributed by atoms with Gasteiger partial charge in [0.15, 0.2) is 11.5 Å². The summed E-state index contributed by atoms with van der Waals surface area (Å²) >= 11 is 6.14. The summed E-state index contributed by atoms with van der Waals surface area (Å²) in [6.07, 6.45) is 2.43. The van der Waals surface area contributed by atoms with Crippen LogP contribution in [0.2, 0.25) is 5.02 Å². The van der Waals surface area contributed by atoms with Crippen molar-refractivity contribution in [3.8, 4) is 11.5 Å². The SMILES string of the molecule is C=CCc1cc(CNc2cc(Cl)ccc2C)cc(OCC)c1OCc1ccc([N+](=O)[O-])cc1. The van der Waals surface area contributed by atoms with Gasteiger partial charge >= 0.3 is 0 Å². The second-order valence-electron chi connectivity index (χ2n) is 7.53. The highest BCUT2D eigenvalue weighted by molar-refractivity contribution is 6.30. The van der Waals surface area contributed by atoms with Crippen LogP contribution in [0.1, 0.15) is 29.2 Å². The van der Waals surface area contributed by atoms with E-state index in [4.69, 9.17) is 21.1 Å². The van der Waals surface area contributed by atoms with Gasteiger partial charge < -0.3 is 14.8 Å². The number of hydrogen-bond donors (Lipinski definition) is 1. The number of nitro groups is 1. The third kappa shape index (κ3) is 6.49. The van der Waals surface area contributed by atoms with Crippen LogP contribution >= 0.6 is 11.6 Å². The Kier molecular flexibility index (Phi) is 8.33. The number of benzene rings is 3. The summed E-state index contributed by atoms with van der Waals surface area (Å²) in [4.78, 5) is 10.5. The second kappa shape index (κ2) is 11.4. The van der Waals surface area contributed by atoms with Gasteiger partial charge in [0.1, 0.15) is 6.61 Å². The van der Waals surface area contributed by atoms with E-state index < -0.39 is 4.92 Å². The van der Waals surface area contributed by atoms with Crippen molar-refractivity contribution >= 4 is 23.0 Å². The number of hydrogen-bond acceptors (Lipinski definition) is 5. The first-order valence-electron chi connectivity index (χ1n) is 10.7. The van der Waals surface area contributed by atoms with Crippen molar-refractivity contribution in [1.29, 1.82) is 0 Å². The van der Waals surface area contributed by atoms with E-state index in [1.807, 2.05) is 44.2 Å². The fourth-order valence-electron chi connectivity index (χ4n) is 3.41. The van der Waals surface area contributed by atoms with Crippen LogP contribution in [-0.2, 0) is 19.6 Å². The molecule has 3 aromatic carbocycles. The topological polar surface area (TPSA) is 73.6 Å². The van der Waals surface area contributed by atoms with Crippen LogP contribution in [0, 0.1) is 17.0 Å². The summed E-state index contributed by atoms with van der Waals surface area (Å²) in [6.45, 7) is 9.17. The van der Waals surface area contributed by atoms with Gasteiger partial charge in [0, 0.05) is 35.0 Å². The minimum absolute atomic E-state index is 0.0490. The molecule has 0 aliphatic rings. The third-order valence-corrected chi connectivity index (χ3v) is 5.30. The Morgan fingerprint density at radius 3 is 2.52 bits per heavy atom. The minimum atomic E-state index is -0.419. The molecule has 6 nitrogen and oxygen atoms in total. The fourth-order valence-corrected chi connectivity index (χ4v) is 3.58. The lowest BCUT2D eigenvalue weighted by Crippen LogP contribution is -2.06. The molecular formula is C26H27ClN2O4. The van der Waals surface area contributed by atoms with Gasteiger partial charge in [-0.15, -0.1) is 6.58 Å². The van der Waals surface area contributed by atoms with Gasteiger partial charge in [-0.25, -0.2) is 0 Å². The molecular weight excluding hydrogens is 440 g/mol. The lowest BCUT2D eigenvalue weighted by Gasteiger charge is -2.18. The van der Waals surface area contributed by atoms with Crippen LogP contribution in [0.25, 0.3) is 0 Å². The largest absolute Gasteiger partial charge is 0.490 e. The molecule has 0 aromatic heterocycles. The predicted molar refractivity (Wildman–Crippen MR) is 132 cm³/mol. The smallest absolute Gasteiger partial charge is 0.269 e. The summed E-state index contributed by atoms with van der Waals surface area (Å²) in [5, 5.41) is 15.0. The van der Waals surface area contributed by atoms with Gasteiger partial charge in [-0.3, -0.25) is 10.1 Å². The van der Waals surface area contributed by atoms with Crippen LogP contribution in [0.3, 0.4) is 0 Å². The minimum Gasteiger partial charge on any atom is -0.490 e. The monoisotopic (exact) mass is 466 g/mol. The van der Waals surface area contributed by atoms with Gasteiger partial charge in [-0.2, -0.15) is 0 Å². The maximum absolute atomic E-state index is 10.9. The zero-order valence-corrected chi connectivity index (χ0v) is 19.5.